The second kappa shape index (κ2) is 8.20. The van der Waals surface area contributed by atoms with Crippen molar-refractivity contribution in [1.29, 1.82) is 0 Å². The first-order chi connectivity index (χ1) is 14.1. The smallest absolute Gasteiger partial charge is 0.304 e. The number of aliphatic carboxylic acids is 1. The van der Waals surface area contributed by atoms with E-state index in [2.05, 4.69) is 21.8 Å². The van der Waals surface area contributed by atoms with Gasteiger partial charge in [-0.25, -0.2) is 9.97 Å². The van der Waals surface area contributed by atoms with Gasteiger partial charge in [0.15, 0.2) is 0 Å². The van der Waals surface area contributed by atoms with Crippen molar-refractivity contribution in [3.05, 3.63) is 40.2 Å². The van der Waals surface area contributed by atoms with Crippen LogP contribution in [0.15, 0.2) is 18.5 Å². The van der Waals surface area contributed by atoms with Crippen LogP contribution in [0.2, 0.25) is 5.02 Å². The summed E-state index contributed by atoms with van der Waals surface area (Å²) in [6, 6.07) is 3.44. The maximum absolute atomic E-state index is 13.1. The van der Waals surface area contributed by atoms with Crippen LogP contribution in [-0.4, -0.2) is 40.1 Å². The number of aromatic nitrogens is 2. The monoisotopic (exact) mass is 428 g/mol. The van der Waals surface area contributed by atoms with Crippen LogP contribution in [-0.2, 0) is 4.79 Å². The van der Waals surface area contributed by atoms with Crippen LogP contribution in [0.3, 0.4) is 0 Å². The largest absolute Gasteiger partial charge is 0.481 e. The van der Waals surface area contributed by atoms with E-state index in [9.17, 15) is 9.59 Å². The number of nitrogens with zero attached hydrogens (tertiary/aromatic N) is 3. The van der Waals surface area contributed by atoms with E-state index < -0.39 is 11.4 Å². The summed E-state index contributed by atoms with van der Waals surface area (Å²) in [4.78, 5) is 33.5. The summed E-state index contributed by atoms with van der Waals surface area (Å²) < 4.78 is 5.55. The number of hydrogen-bond donors (Lipinski definition) is 2. The highest BCUT2D eigenvalue weighted by atomic mass is 35.5. The SMILES string of the molecule is Cc1cc(N2CCOc3ncnc(N)c3C2=O)cc(Cl)c1C#CC(C)(C)CC(=O)O. The number of fused-ring (bicyclic) bond motifs is 1. The molecule has 0 fully saturated rings. The van der Waals surface area contributed by atoms with E-state index >= 15 is 0 Å². The van der Waals surface area contributed by atoms with Gasteiger partial charge in [0.25, 0.3) is 5.91 Å². The Bertz CT molecular complexity index is 1070. The molecule has 1 aromatic heterocycles. The fourth-order valence-electron chi connectivity index (χ4n) is 3.10. The molecule has 0 atom stereocenters. The second-order valence-electron chi connectivity index (χ2n) is 7.57. The van der Waals surface area contributed by atoms with E-state index in [1.165, 1.54) is 11.2 Å². The van der Waals surface area contributed by atoms with Gasteiger partial charge in [0.2, 0.25) is 5.88 Å². The van der Waals surface area contributed by atoms with E-state index in [0.29, 0.717) is 16.3 Å². The molecule has 1 aliphatic heterocycles. The molecular weight excluding hydrogens is 408 g/mol. The third kappa shape index (κ3) is 4.47. The van der Waals surface area contributed by atoms with Gasteiger partial charge in [-0.3, -0.25) is 9.59 Å². The first-order valence-electron chi connectivity index (χ1n) is 9.19. The fourth-order valence-corrected chi connectivity index (χ4v) is 3.41. The molecule has 0 unspecified atom stereocenters. The first-order valence-corrected chi connectivity index (χ1v) is 9.57. The van der Waals surface area contributed by atoms with Gasteiger partial charge in [0.1, 0.15) is 24.3 Å². The summed E-state index contributed by atoms with van der Waals surface area (Å²) in [5, 5.41) is 9.37. The average Bonchev–Trinajstić information content (AvgIpc) is 2.79. The van der Waals surface area contributed by atoms with Gasteiger partial charge in [-0.1, -0.05) is 23.4 Å². The minimum absolute atomic E-state index is 0.0443. The Morgan fingerprint density at radius 1 is 1.40 bits per heavy atom. The Morgan fingerprint density at radius 3 is 2.80 bits per heavy atom. The quantitative estimate of drug-likeness (QED) is 0.721. The van der Waals surface area contributed by atoms with E-state index in [-0.39, 0.29) is 42.7 Å². The van der Waals surface area contributed by atoms with Gasteiger partial charge in [0, 0.05) is 16.7 Å². The standard InChI is InChI=1S/C21H21ClN4O4/c1-12-8-13(9-15(22)14(12)4-5-21(2,3)10-16(27)28)26-6-7-30-19-17(20(26)29)18(23)24-11-25-19/h8-9,11H,6-7,10H2,1-3H3,(H,27,28)(H2,23,24,25). The molecule has 0 saturated heterocycles. The lowest BCUT2D eigenvalue weighted by atomic mass is 9.89. The molecule has 0 radical (unpaired) electrons. The number of ether oxygens (including phenoxy) is 1. The lowest BCUT2D eigenvalue weighted by Gasteiger charge is -2.21. The van der Waals surface area contributed by atoms with E-state index in [0.717, 1.165) is 5.56 Å². The number of carbonyl (C=O) groups is 2. The van der Waals surface area contributed by atoms with Crippen molar-refractivity contribution in [2.75, 3.05) is 23.8 Å². The predicted molar refractivity (Wildman–Crippen MR) is 113 cm³/mol. The number of aryl methyl sites for hydroxylation is 1. The minimum Gasteiger partial charge on any atom is -0.481 e. The van der Waals surface area contributed by atoms with E-state index in [1.54, 1.807) is 26.0 Å². The Hall–Kier alpha value is -3.31. The Morgan fingerprint density at radius 2 is 2.13 bits per heavy atom. The fraction of sp³-hybridized carbons (Fsp3) is 0.333. The van der Waals surface area contributed by atoms with Crippen LogP contribution in [0.1, 0.15) is 41.8 Å². The number of benzene rings is 1. The number of carbonyl (C=O) groups excluding carboxylic acids is 1. The first kappa shape index (κ1) is 21.4. The molecule has 1 aliphatic rings. The number of halogens is 1. The molecule has 0 bridgehead atoms. The molecule has 0 saturated carbocycles. The highest BCUT2D eigenvalue weighted by Gasteiger charge is 2.29. The summed E-state index contributed by atoms with van der Waals surface area (Å²) in [5.74, 6) is 4.87. The maximum Gasteiger partial charge on any atom is 0.304 e. The Labute approximate surface area is 179 Å². The van der Waals surface area contributed by atoms with Crippen LogP contribution >= 0.6 is 11.6 Å². The summed E-state index contributed by atoms with van der Waals surface area (Å²) in [6.45, 7) is 5.85. The van der Waals surface area contributed by atoms with Gasteiger partial charge < -0.3 is 20.5 Å². The molecule has 8 nitrogen and oxygen atoms in total. The molecular formula is C21H21ClN4O4. The van der Waals surface area contributed by atoms with Crippen LogP contribution in [0.25, 0.3) is 0 Å². The van der Waals surface area contributed by atoms with Gasteiger partial charge in [0.05, 0.1) is 18.0 Å². The van der Waals surface area contributed by atoms with Gasteiger partial charge in [-0.05, 0) is 38.5 Å². The molecule has 30 heavy (non-hydrogen) atoms. The van der Waals surface area contributed by atoms with Crippen molar-refractivity contribution in [2.24, 2.45) is 5.41 Å². The summed E-state index contributed by atoms with van der Waals surface area (Å²) >= 11 is 6.47. The van der Waals surface area contributed by atoms with Crippen LogP contribution < -0.4 is 15.4 Å². The molecule has 156 valence electrons. The second-order valence-corrected chi connectivity index (χ2v) is 7.98. The van der Waals surface area contributed by atoms with Crippen LogP contribution in [0.4, 0.5) is 11.5 Å². The van der Waals surface area contributed by atoms with Crippen molar-refractivity contribution in [3.8, 4) is 17.7 Å². The zero-order valence-electron chi connectivity index (χ0n) is 16.8. The van der Waals surface area contributed by atoms with Gasteiger partial charge in [-0.15, -0.1) is 0 Å². The highest BCUT2D eigenvalue weighted by molar-refractivity contribution is 6.32. The van der Waals surface area contributed by atoms with Crippen molar-refractivity contribution < 1.29 is 19.4 Å². The highest BCUT2D eigenvalue weighted by Crippen LogP contribution is 2.31. The number of carboxylic acids is 1. The van der Waals surface area contributed by atoms with E-state index in [4.69, 9.17) is 27.2 Å². The zero-order chi connectivity index (χ0) is 22.1. The number of rotatable bonds is 3. The summed E-state index contributed by atoms with van der Waals surface area (Å²) in [5.41, 5.74) is 7.19. The number of nitrogens with two attached hydrogens (primary N) is 1. The predicted octanol–water partition coefficient (Wildman–Crippen LogP) is 2.91. The molecule has 3 N–H and O–H groups in total. The summed E-state index contributed by atoms with van der Waals surface area (Å²) in [6.07, 6.45) is 1.16. The average molecular weight is 429 g/mol. The van der Waals surface area contributed by atoms with Crippen molar-refractivity contribution in [2.45, 2.75) is 27.2 Å². The lowest BCUT2D eigenvalue weighted by Crippen LogP contribution is -2.33. The molecule has 1 amide bonds. The number of carboxylic acid groups (broad SMARTS) is 1. The molecule has 9 heteroatoms. The van der Waals surface area contributed by atoms with Crippen LogP contribution in [0, 0.1) is 24.2 Å². The van der Waals surface area contributed by atoms with Crippen LogP contribution in [0.5, 0.6) is 5.88 Å². The molecule has 0 spiro atoms. The number of amides is 1. The lowest BCUT2D eigenvalue weighted by molar-refractivity contribution is -0.138. The summed E-state index contributed by atoms with van der Waals surface area (Å²) in [7, 11) is 0. The van der Waals surface area contributed by atoms with E-state index in [1.807, 2.05) is 6.92 Å². The topological polar surface area (TPSA) is 119 Å². The minimum atomic E-state index is -0.919. The van der Waals surface area contributed by atoms with Gasteiger partial charge in [-0.2, -0.15) is 0 Å². The van der Waals surface area contributed by atoms with Gasteiger partial charge >= 0.3 is 5.97 Å². The van der Waals surface area contributed by atoms with Crippen molar-refractivity contribution in [1.82, 2.24) is 9.97 Å². The third-order valence-corrected chi connectivity index (χ3v) is 4.86. The number of hydrogen-bond acceptors (Lipinski definition) is 6. The maximum atomic E-state index is 13.1. The number of anilines is 2. The van der Waals surface area contributed by atoms with Crippen molar-refractivity contribution in [3.63, 3.8) is 0 Å². The Kier molecular flexibility index (Phi) is 5.85. The third-order valence-electron chi connectivity index (χ3n) is 4.56. The molecule has 0 aliphatic carbocycles. The number of nitrogen functional groups attached to an aromatic ring is 1. The Balaban J connectivity index is 1.97. The molecule has 2 aromatic rings. The molecule has 3 rings (SSSR count). The molecule has 1 aromatic carbocycles. The molecule has 2 heterocycles. The van der Waals surface area contributed by atoms with Crippen molar-refractivity contribution >= 4 is 35.0 Å². The normalized spacial score (nSPS) is 13.6. The zero-order valence-corrected chi connectivity index (χ0v) is 17.6.